The lowest BCUT2D eigenvalue weighted by molar-refractivity contribution is -0.174. The molecule has 1 saturated heterocycles. The zero-order chi connectivity index (χ0) is 19.3. The van der Waals surface area contributed by atoms with Crippen molar-refractivity contribution in [2.24, 2.45) is 47.3 Å². The van der Waals surface area contributed by atoms with E-state index in [2.05, 4.69) is 0 Å². The summed E-state index contributed by atoms with van der Waals surface area (Å²) in [6.45, 7) is 0. The van der Waals surface area contributed by atoms with Crippen molar-refractivity contribution in [3.05, 3.63) is 0 Å². The normalized spacial score (nSPS) is 55.7. The Morgan fingerprint density at radius 3 is 1.14 bits per heavy atom. The van der Waals surface area contributed by atoms with E-state index >= 15 is 0 Å². The van der Waals surface area contributed by atoms with Gasteiger partial charge < -0.3 is 14.2 Å². The van der Waals surface area contributed by atoms with Crippen LogP contribution in [0.5, 0.6) is 0 Å². The lowest BCUT2D eigenvalue weighted by Gasteiger charge is -2.53. The smallest absolute Gasteiger partial charge is 0.338 e. The summed E-state index contributed by atoms with van der Waals surface area (Å²) in [6, 6.07) is 0. The van der Waals surface area contributed by atoms with Crippen LogP contribution in [0.4, 0.5) is 0 Å². The molecule has 9 fully saturated rings. The van der Waals surface area contributed by atoms with Gasteiger partial charge in [0.2, 0.25) is 0 Å². The largest absolute Gasteiger partial charge is 0.460 e. The molecule has 0 amide bonds. The molecule has 8 aliphatic carbocycles. The molecule has 0 aromatic heterocycles. The molecule has 9 rings (SSSR count). The summed E-state index contributed by atoms with van der Waals surface area (Å²) in [5, 5.41) is 0. The molecular weight excluding hydrogens is 368 g/mol. The molecule has 5 heteroatoms. The Hall–Kier alpha value is -1.10. The van der Waals surface area contributed by atoms with Crippen molar-refractivity contribution < 1.29 is 23.8 Å². The van der Waals surface area contributed by atoms with Crippen LogP contribution in [0.1, 0.15) is 64.2 Å². The molecule has 2 atom stereocenters. The van der Waals surface area contributed by atoms with Crippen LogP contribution in [0.2, 0.25) is 0 Å². The van der Waals surface area contributed by atoms with Gasteiger partial charge in [0.25, 0.3) is 0 Å². The van der Waals surface area contributed by atoms with Gasteiger partial charge in [0.05, 0.1) is 0 Å². The first-order valence-corrected chi connectivity index (χ1v) is 12.2. The molecule has 1 heterocycles. The van der Waals surface area contributed by atoms with E-state index in [9.17, 15) is 9.59 Å². The molecule has 0 spiro atoms. The third-order valence-electron chi connectivity index (χ3n) is 9.74. The van der Waals surface area contributed by atoms with Crippen LogP contribution in [0.25, 0.3) is 0 Å². The number of carbonyl (C=O) groups excluding carboxylic acids is 2. The highest BCUT2D eigenvalue weighted by Gasteiger charge is 2.57. The van der Waals surface area contributed by atoms with Gasteiger partial charge >= 0.3 is 11.9 Å². The first kappa shape index (κ1) is 17.6. The third-order valence-corrected chi connectivity index (χ3v) is 9.74. The average Bonchev–Trinajstić information content (AvgIpc) is 3.47. The predicted molar refractivity (Wildman–Crippen MR) is 103 cm³/mol. The lowest BCUT2D eigenvalue weighted by Crippen LogP contribution is -2.51. The second-order valence-corrected chi connectivity index (χ2v) is 11.6. The van der Waals surface area contributed by atoms with E-state index < -0.39 is 12.2 Å². The second kappa shape index (κ2) is 6.21. The van der Waals surface area contributed by atoms with Crippen LogP contribution in [0.15, 0.2) is 0 Å². The summed E-state index contributed by atoms with van der Waals surface area (Å²) < 4.78 is 17.4. The van der Waals surface area contributed by atoms with E-state index in [1.54, 1.807) is 0 Å². The van der Waals surface area contributed by atoms with Crippen molar-refractivity contribution in [1.82, 2.24) is 0 Å². The first-order chi connectivity index (χ1) is 14.1. The molecule has 1 aliphatic heterocycles. The lowest BCUT2D eigenvalue weighted by atomic mass is 9.55. The van der Waals surface area contributed by atoms with E-state index in [0.29, 0.717) is 23.7 Å². The Bertz CT molecular complexity index is 615. The Balaban J connectivity index is 0.958. The maximum absolute atomic E-state index is 12.7. The van der Waals surface area contributed by atoms with Gasteiger partial charge in [-0.1, -0.05) is 0 Å². The van der Waals surface area contributed by atoms with Gasteiger partial charge in [0.1, 0.15) is 12.2 Å². The van der Waals surface area contributed by atoms with Gasteiger partial charge in [-0.3, -0.25) is 0 Å². The van der Waals surface area contributed by atoms with Gasteiger partial charge in [-0.15, -0.1) is 0 Å². The topological polar surface area (TPSA) is 65.1 Å². The molecule has 5 nitrogen and oxygen atoms in total. The molecule has 8 bridgehead atoms. The highest BCUT2D eigenvalue weighted by molar-refractivity contribution is 5.90. The Labute approximate surface area is 172 Å². The van der Waals surface area contributed by atoms with Crippen LogP contribution in [-0.4, -0.2) is 36.4 Å². The molecule has 8 saturated carbocycles. The van der Waals surface area contributed by atoms with E-state index in [1.165, 1.54) is 64.2 Å². The number of ether oxygens (including phenoxy) is 3. The standard InChI is InChI=1S/C24H32O5/c25-23(28-19-15-3-11-1-12(5-15)6-16(19)4-11)21-22(27-21)24(26)29-20-17-7-13-2-14(9-17)10-18(20)8-13/h11-22H,1-10H2. The minimum atomic E-state index is -0.725. The summed E-state index contributed by atoms with van der Waals surface area (Å²) in [5.74, 6) is 4.91. The number of hydrogen-bond donors (Lipinski definition) is 0. The molecule has 0 N–H and O–H groups in total. The van der Waals surface area contributed by atoms with E-state index in [1.807, 2.05) is 0 Å². The Morgan fingerprint density at radius 2 is 0.828 bits per heavy atom. The average molecular weight is 401 g/mol. The molecule has 0 aromatic rings. The predicted octanol–water partition coefficient (Wildman–Crippen LogP) is 3.49. The van der Waals surface area contributed by atoms with Gasteiger partial charge in [-0.05, 0) is 112 Å². The van der Waals surface area contributed by atoms with Crippen molar-refractivity contribution in [1.29, 1.82) is 0 Å². The quantitative estimate of drug-likeness (QED) is 0.534. The molecule has 9 aliphatic rings. The first-order valence-electron chi connectivity index (χ1n) is 12.2. The maximum Gasteiger partial charge on any atom is 0.338 e. The van der Waals surface area contributed by atoms with Gasteiger partial charge in [-0.25, -0.2) is 9.59 Å². The van der Waals surface area contributed by atoms with Crippen LogP contribution in [0, 0.1) is 47.3 Å². The minimum Gasteiger partial charge on any atom is -0.460 e. The summed E-state index contributed by atoms with van der Waals surface area (Å²) in [7, 11) is 0. The van der Waals surface area contributed by atoms with Crippen LogP contribution in [0.3, 0.4) is 0 Å². The van der Waals surface area contributed by atoms with Gasteiger partial charge in [0, 0.05) is 0 Å². The van der Waals surface area contributed by atoms with Gasteiger partial charge in [-0.2, -0.15) is 0 Å². The van der Waals surface area contributed by atoms with Crippen LogP contribution < -0.4 is 0 Å². The summed E-state index contributed by atoms with van der Waals surface area (Å²) in [6.07, 6.45) is 11.2. The van der Waals surface area contributed by atoms with Crippen molar-refractivity contribution in [2.75, 3.05) is 0 Å². The summed E-state index contributed by atoms with van der Waals surface area (Å²) in [4.78, 5) is 25.4. The number of rotatable bonds is 4. The van der Waals surface area contributed by atoms with Crippen molar-refractivity contribution in [3.8, 4) is 0 Å². The third kappa shape index (κ3) is 2.82. The van der Waals surface area contributed by atoms with E-state index in [4.69, 9.17) is 14.2 Å². The highest BCUT2D eigenvalue weighted by atomic mass is 16.7. The fourth-order valence-corrected chi connectivity index (χ4v) is 9.01. The van der Waals surface area contributed by atoms with Crippen molar-refractivity contribution in [2.45, 2.75) is 88.6 Å². The number of esters is 2. The van der Waals surface area contributed by atoms with E-state index in [0.717, 1.165) is 23.7 Å². The van der Waals surface area contributed by atoms with Crippen molar-refractivity contribution >= 4 is 11.9 Å². The monoisotopic (exact) mass is 400 g/mol. The minimum absolute atomic E-state index is 0.0561. The number of epoxide rings is 1. The molecule has 0 radical (unpaired) electrons. The highest BCUT2D eigenvalue weighted by Crippen LogP contribution is 2.56. The molecular formula is C24H32O5. The zero-order valence-electron chi connectivity index (χ0n) is 17.0. The number of carbonyl (C=O) groups is 2. The van der Waals surface area contributed by atoms with Gasteiger partial charge in [0.15, 0.2) is 12.2 Å². The van der Waals surface area contributed by atoms with E-state index in [-0.39, 0.29) is 24.1 Å². The Kier molecular flexibility index (Phi) is 3.76. The van der Waals surface area contributed by atoms with Crippen LogP contribution >= 0.6 is 0 Å². The SMILES string of the molecule is O=C(OC1C2CC3CC(C2)CC1C3)C1OC1C(=O)OC1C2CC3CC(C2)CC1C3. The van der Waals surface area contributed by atoms with Crippen LogP contribution in [-0.2, 0) is 23.8 Å². The molecule has 0 aromatic carbocycles. The zero-order valence-corrected chi connectivity index (χ0v) is 17.0. The fourth-order valence-electron chi connectivity index (χ4n) is 9.01. The molecule has 29 heavy (non-hydrogen) atoms. The summed E-state index contributed by atoms with van der Waals surface area (Å²) >= 11 is 0. The number of hydrogen-bond acceptors (Lipinski definition) is 5. The fraction of sp³-hybridized carbons (Fsp3) is 0.917. The molecule has 158 valence electrons. The summed E-state index contributed by atoms with van der Waals surface area (Å²) in [5.41, 5.74) is 0. The maximum atomic E-state index is 12.7. The second-order valence-electron chi connectivity index (χ2n) is 11.6. The molecule has 2 unspecified atom stereocenters. The van der Waals surface area contributed by atoms with Crippen molar-refractivity contribution in [3.63, 3.8) is 0 Å². The Morgan fingerprint density at radius 1 is 0.517 bits per heavy atom.